The molecule has 0 saturated heterocycles. The third-order valence-corrected chi connectivity index (χ3v) is 5.44. The van der Waals surface area contributed by atoms with Crippen molar-refractivity contribution in [2.45, 2.75) is 29.8 Å². The van der Waals surface area contributed by atoms with Crippen LogP contribution < -0.4 is 0 Å². The molecule has 144 valence electrons. The molecule has 5 nitrogen and oxygen atoms in total. The predicted molar refractivity (Wildman–Crippen MR) is 95.6 cm³/mol. The van der Waals surface area contributed by atoms with Gasteiger partial charge in [0.1, 0.15) is 5.03 Å². The molecule has 0 aliphatic heterocycles. The van der Waals surface area contributed by atoms with Crippen LogP contribution in [-0.2, 0) is 28.6 Å². The zero-order valence-corrected chi connectivity index (χ0v) is 15.7. The Kier molecular flexibility index (Phi) is 5.81. The van der Waals surface area contributed by atoms with Crippen molar-refractivity contribution in [2.24, 2.45) is 18.1 Å². The maximum absolute atomic E-state index is 13.3. The van der Waals surface area contributed by atoms with Crippen molar-refractivity contribution < 1.29 is 22.8 Å². The van der Waals surface area contributed by atoms with E-state index in [1.54, 1.807) is 24.3 Å². The average molecular weight is 418 g/mol. The van der Waals surface area contributed by atoms with Gasteiger partial charge in [0.15, 0.2) is 5.69 Å². The van der Waals surface area contributed by atoms with Gasteiger partial charge in [0.25, 0.3) is 0 Å². The van der Waals surface area contributed by atoms with Crippen molar-refractivity contribution >= 4 is 35.5 Å². The van der Waals surface area contributed by atoms with Crippen molar-refractivity contribution in [3.8, 4) is 0 Å². The summed E-state index contributed by atoms with van der Waals surface area (Å²) in [4.78, 5) is 16.2. The normalized spacial score (nSPS) is 14.7. The third kappa shape index (κ3) is 4.84. The molecule has 1 saturated carbocycles. The van der Waals surface area contributed by atoms with E-state index in [1.165, 1.54) is 7.05 Å². The number of aromatic nitrogens is 2. The van der Waals surface area contributed by atoms with Crippen LogP contribution in [0.2, 0.25) is 5.02 Å². The van der Waals surface area contributed by atoms with Gasteiger partial charge in [0.2, 0.25) is 0 Å². The van der Waals surface area contributed by atoms with Crippen LogP contribution in [0.15, 0.2) is 34.4 Å². The number of hydrogen-bond donors (Lipinski definition) is 0. The zero-order valence-electron chi connectivity index (χ0n) is 14.2. The zero-order chi connectivity index (χ0) is 19.6. The van der Waals surface area contributed by atoms with E-state index in [9.17, 15) is 18.0 Å². The molecular weight excluding hydrogens is 403 g/mol. The van der Waals surface area contributed by atoms with E-state index in [2.05, 4.69) is 15.1 Å². The minimum absolute atomic E-state index is 0.202. The number of thioether (sulfide) groups is 1. The predicted octanol–water partition coefficient (Wildman–Crippen LogP) is 4.67. The lowest BCUT2D eigenvalue weighted by atomic mass is 10.2. The largest absolute Gasteiger partial charge is 0.435 e. The fraction of sp³-hybridized carbons (Fsp3) is 0.353. The molecule has 1 aliphatic rings. The molecule has 1 aromatic heterocycles. The van der Waals surface area contributed by atoms with Crippen molar-refractivity contribution in [1.82, 2.24) is 9.78 Å². The first-order chi connectivity index (χ1) is 12.8. The van der Waals surface area contributed by atoms with E-state index in [0.29, 0.717) is 23.6 Å². The number of nitrogens with zero attached hydrogens (tertiary/aromatic N) is 3. The summed E-state index contributed by atoms with van der Waals surface area (Å²) in [7, 11) is 1.41. The summed E-state index contributed by atoms with van der Waals surface area (Å²) in [6.07, 6.45) is -2.34. The maximum Gasteiger partial charge on any atom is 0.435 e. The van der Waals surface area contributed by atoms with Crippen LogP contribution in [-0.4, -0.2) is 22.0 Å². The van der Waals surface area contributed by atoms with Crippen LogP contribution in [0.3, 0.4) is 0 Å². The molecule has 3 rings (SSSR count). The molecule has 0 spiro atoms. The molecule has 0 amide bonds. The molecule has 0 radical (unpaired) electrons. The second-order valence-electron chi connectivity index (χ2n) is 5.99. The summed E-state index contributed by atoms with van der Waals surface area (Å²) in [5.41, 5.74) is -0.550. The minimum atomic E-state index is -4.66. The molecule has 1 aromatic carbocycles. The summed E-state index contributed by atoms with van der Waals surface area (Å²) in [5, 5.41) is 7.79. The molecule has 1 heterocycles. The lowest BCUT2D eigenvalue weighted by Crippen LogP contribution is -2.09. The summed E-state index contributed by atoms with van der Waals surface area (Å²) in [6.45, 7) is 0. The quantitative estimate of drug-likeness (QED) is 0.296. The number of hydrogen-bond acceptors (Lipinski definition) is 5. The smallest absolute Gasteiger partial charge is 0.318 e. The van der Waals surface area contributed by atoms with Crippen LogP contribution in [0.25, 0.3) is 0 Å². The van der Waals surface area contributed by atoms with Gasteiger partial charge in [0.05, 0.1) is 17.7 Å². The lowest BCUT2D eigenvalue weighted by Gasteiger charge is -2.06. The topological polar surface area (TPSA) is 56.5 Å². The molecule has 2 aromatic rings. The van der Waals surface area contributed by atoms with Gasteiger partial charge in [0, 0.05) is 17.8 Å². The van der Waals surface area contributed by atoms with E-state index in [0.717, 1.165) is 28.2 Å². The average Bonchev–Trinajstić information content (AvgIpc) is 3.39. The number of aryl methyl sites for hydroxylation is 1. The molecule has 0 bridgehead atoms. The second kappa shape index (κ2) is 7.93. The number of carbonyl (C=O) groups excluding carboxylic acids is 1. The van der Waals surface area contributed by atoms with Gasteiger partial charge >= 0.3 is 12.1 Å². The fourth-order valence-electron chi connectivity index (χ4n) is 2.31. The van der Waals surface area contributed by atoms with E-state index in [4.69, 9.17) is 11.6 Å². The summed E-state index contributed by atoms with van der Waals surface area (Å²) in [6, 6.07) is 7.07. The SMILES string of the molecule is Cn1nc(C(F)(F)F)c(/C=N/OC(=O)C2CC2)c1SCc1ccccc1Cl. The van der Waals surface area contributed by atoms with Crippen molar-refractivity contribution in [2.75, 3.05) is 0 Å². The first-order valence-electron chi connectivity index (χ1n) is 8.02. The monoisotopic (exact) mass is 417 g/mol. The van der Waals surface area contributed by atoms with Crippen molar-refractivity contribution in [1.29, 1.82) is 0 Å². The highest BCUT2D eigenvalue weighted by Crippen LogP contribution is 2.36. The number of benzene rings is 1. The Hall–Kier alpha value is -2.00. The lowest BCUT2D eigenvalue weighted by molar-refractivity contribution is -0.145. The van der Waals surface area contributed by atoms with Gasteiger partial charge < -0.3 is 4.84 Å². The first-order valence-corrected chi connectivity index (χ1v) is 9.38. The molecule has 1 fully saturated rings. The van der Waals surface area contributed by atoms with Crippen molar-refractivity contribution in [3.63, 3.8) is 0 Å². The Morgan fingerprint density at radius 1 is 1.44 bits per heavy atom. The number of alkyl halides is 3. The number of rotatable bonds is 6. The molecule has 0 unspecified atom stereocenters. The summed E-state index contributed by atoms with van der Waals surface area (Å²) >= 11 is 7.24. The summed E-state index contributed by atoms with van der Waals surface area (Å²) < 4.78 is 41.1. The highest BCUT2D eigenvalue weighted by atomic mass is 35.5. The van der Waals surface area contributed by atoms with Gasteiger partial charge in [-0.15, -0.1) is 11.8 Å². The molecule has 27 heavy (non-hydrogen) atoms. The first kappa shape index (κ1) is 19.8. The van der Waals surface area contributed by atoms with Gasteiger partial charge in [-0.25, -0.2) is 4.79 Å². The highest BCUT2D eigenvalue weighted by molar-refractivity contribution is 7.98. The van der Waals surface area contributed by atoms with Gasteiger partial charge in [-0.3, -0.25) is 4.68 Å². The minimum Gasteiger partial charge on any atom is -0.318 e. The second-order valence-corrected chi connectivity index (χ2v) is 7.36. The fourth-order valence-corrected chi connectivity index (χ4v) is 3.67. The third-order valence-electron chi connectivity index (χ3n) is 3.86. The Bertz CT molecular complexity index is 879. The molecule has 0 atom stereocenters. The van der Waals surface area contributed by atoms with Crippen LogP contribution >= 0.6 is 23.4 Å². The number of halogens is 4. The van der Waals surface area contributed by atoms with Crippen LogP contribution in [0, 0.1) is 5.92 Å². The Morgan fingerprint density at radius 3 is 2.78 bits per heavy atom. The standard InChI is InChI=1S/C17H15ClF3N3O2S/c1-24-15(27-9-11-4-2-3-5-13(11)18)12(14(23-24)17(19,20)21)8-22-26-16(25)10-6-7-10/h2-5,8,10H,6-7,9H2,1H3/b22-8+. The Morgan fingerprint density at radius 2 is 2.15 bits per heavy atom. The van der Waals surface area contributed by atoms with Gasteiger partial charge in [-0.05, 0) is 24.5 Å². The van der Waals surface area contributed by atoms with Gasteiger partial charge in [-0.1, -0.05) is 35.0 Å². The maximum atomic E-state index is 13.3. The van der Waals surface area contributed by atoms with E-state index in [1.807, 2.05) is 0 Å². The molecule has 0 N–H and O–H groups in total. The van der Waals surface area contributed by atoms with Gasteiger partial charge in [-0.2, -0.15) is 18.3 Å². The highest BCUT2D eigenvalue weighted by Gasteiger charge is 2.39. The number of carbonyl (C=O) groups is 1. The molecule has 10 heteroatoms. The van der Waals surface area contributed by atoms with Crippen LogP contribution in [0.4, 0.5) is 13.2 Å². The van der Waals surface area contributed by atoms with Crippen LogP contribution in [0.5, 0.6) is 0 Å². The Labute approximate surface area is 162 Å². The molecule has 1 aliphatic carbocycles. The molecular formula is C17H15ClF3N3O2S. The Balaban J connectivity index is 1.85. The number of oxime groups is 1. The van der Waals surface area contributed by atoms with E-state index in [-0.39, 0.29) is 16.5 Å². The van der Waals surface area contributed by atoms with Crippen LogP contribution in [0.1, 0.15) is 29.7 Å². The van der Waals surface area contributed by atoms with Crippen molar-refractivity contribution in [3.05, 3.63) is 46.1 Å². The summed E-state index contributed by atoms with van der Waals surface area (Å²) in [5.74, 6) is -0.389. The van der Waals surface area contributed by atoms with E-state index < -0.39 is 17.8 Å². The van der Waals surface area contributed by atoms with E-state index >= 15 is 0 Å².